The fourth-order valence-electron chi connectivity index (χ4n) is 2.07. The Hall–Kier alpha value is -1.52. The van der Waals surface area contributed by atoms with E-state index in [1.165, 1.54) is 0 Å². The van der Waals surface area contributed by atoms with Crippen LogP contribution in [0, 0.1) is 17.5 Å². The summed E-state index contributed by atoms with van der Waals surface area (Å²) >= 11 is 5.91. The molecule has 1 unspecified atom stereocenters. The maximum Gasteiger partial charge on any atom is 0.161 e. The first-order valence-corrected chi connectivity index (χ1v) is 6.94. The summed E-state index contributed by atoms with van der Waals surface area (Å²) in [5.74, 6) is -2.98. The molecule has 0 bridgehead atoms. The molecule has 5 heteroatoms. The van der Waals surface area contributed by atoms with E-state index in [1.807, 2.05) is 25.1 Å². The molecule has 2 aromatic carbocycles. The van der Waals surface area contributed by atoms with E-state index in [9.17, 15) is 13.2 Å². The molecule has 2 aromatic rings. The molecule has 1 nitrogen and oxygen atoms in total. The Morgan fingerprint density at radius 2 is 1.76 bits per heavy atom. The number of rotatable bonds is 5. The number of nitrogens with one attached hydrogen (secondary N) is 1. The molecule has 0 aromatic heterocycles. The Labute approximate surface area is 126 Å². The Kier molecular flexibility index (Phi) is 5.26. The van der Waals surface area contributed by atoms with Gasteiger partial charge in [-0.3, -0.25) is 0 Å². The van der Waals surface area contributed by atoms with Gasteiger partial charge in [0.15, 0.2) is 11.6 Å². The van der Waals surface area contributed by atoms with E-state index >= 15 is 0 Å². The molecule has 0 aliphatic rings. The van der Waals surface area contributed by atoms with Crippen molar-refractivity contribution in [3.63, 3.8) is 0 Å². The van der Waals surface area contributed by atoms with Gasteiger partial charge in [-0.1, -0.05) is 23.7 Å². The highest BCUT2D eigenvalue weighted by Crippen LogP contribution is 2.15. The van der Waals surface area contributed by atoms with Crippen LogP contribution in [-0.4, -0.2) is 6.04 Å². The molecule has 0 radical (unpaired) electrons. The van der Waals surface area contributed by atoms with E-state index in [0.29, 0.717) is 17.5 Å². The first kappa shape index (κ1) is 15.9. The quantitative estimate of drug-likeness (QED) is 0.803. The second-order valence-corrected chi connectivity index (χ2v) is 5.41. The van der Waals surface area contributed by atoms with Crippen molar-refractivity contribution in [3.8, 4) is 0 Å². The summed E-state index contributed by atoms with van der Waals surface area (Å²) in [7, 11) is 0. The summed E-state index contributed by atoms with van der Waals surface area (Å²) in [4.78, 5) is 0. The summed E-state index contributed by atoms with van der Waals surface area (Å²) in [6.45, 7) is 2.06. The van der Waals surface area contributed by atoms with Crippen LogP contribution in [0.3, 0.4) is 0 Å². The van der Waals surface area contributed by atoms with Gasteiger partial charge in [0.05, 0.1) is 0 Å². The van der Waals surface area contributed by atoms with Crippen LogP contribution < -0.4 is 5.32 Å². The van der Waals surface area contributed by atoms with Gasteiger partial charge in [-0.2, -0.15) is 0 Å². The molecule has 0 fully saturated rings. The fraction of sp³-hybridized carbons (Fsp3) is 0.250. The van der Waals surface area contributed by atoms with Crippen LogP contribution >= 0.6 is 11.6 Å². The number of hydrogen-bond donors (Lipinski definition) is 1. The lowest BCUT2D eigenvalue weighted by Gasteiger charge is -2.14. The van der Waals surface area contributed by atoms with Crippen LogP contribution in [0.2, 0.25) is 5.02 Å². The van der Waals surface area contributed by atoms with Gasteiger partial charge in [0.25, 0.3) is 0 Å². The van der Waals surface area contributed by atoms with Gasteiger partial charge in [-0.15, -0.1) is 0 Å². The molecule has 0 heterocycles. The number of hydrogen-bond acceptors (Lipinski definition) is 1. The van der Waals surface area contributed by atoms with Crippen LogP contribution in [-0.2, 0) is 13.0 Å². The molecule has 2 rings (SSSR count). The zero-order valence-corrected chi connectivity index (χ0v) is 12.2. The lowest BCUT2D eigenvalue weighted by atomic mass is 10.1. The molecule has 112 valence electrons. The van der Waals surface area contributed by atoms with E-state index < -0.39 is 17.5 Å². The number of halogens is 4. The lowest BCUT2D eigenvalue weighted by Crippen LogP contribution is -2.28. The average molecular weight is 314 g/mol. The van der Waals surface area contributed by atoms with Crippen molar-refractivity contribution >= 4 is 11.6 Å². The zero-order chi connectivity index (χ0) is 15.4. The molecule has 0 saturated heterocycles. The van der Waals surface area contributed by atoms with E-state index in [0.717, 1.165) is 11.6 Å². The van der Waals surface area contributed by atoms with Crippen molar-refractivity contribution in [1.82, 2.24) is 5.32 Å². The minimum atomic E-state index is -1.18. The van der Waals surface area contributed by atoms with E-state index in [4.69, 9.17) is 11.6 Å². The Balaban J connectivity index is 1.95. The highest BCUT2D eigenvalue weighted by Gasteiger charge is 2.11. The topological polar surface area (TPSA) is 12.0 Å². The summed E-state index contributed by atoms with van der Waals surface area (Å²) in [5, 5.41) is 3.74. The lowest BCUT2D eigenvalue weighted by molar-refractivity contribution is 0.479. The highest BCUT2D eigenvalue weighted by atomic mass is 35.5. The summed E-state index contributed by atoms with van der Waals surface area (Å²) in [6.07, 6.45) is 0.700. The van der Waals surface area contributed by atoms with Crippen molar-refractivity contribution in [2.45, 2.75) is 25.9 Å². The minimum absolute atomic E-state index is 0.0379. The summed E-state index contributed by atoms with van der Waals surface area (Å²) in [6, 6.07) is 8.94. The van der Waals surface area contributed by atoms with Gasteiger partial charge in [0, 0.05) is 29.2 Å². The highest BCUT2D eigenvalue weighted by molar-refractivity contribution is 6.30. The zero-order valence-electron chi connectivity index (χ0n) is 11.5. The largest absolute Gasteiger partial charge is 0.310 e. The van der Waals surface area contributed by atoms with Crippen molar-refractivity contribution < 1.29 is 13.2 Å². The normalized spacial score (nSPS) is 12.4. The Bertz CT molecular complexity index is 631. The average Bonchev–Trinajstić information content (AvgIpc) is 2.41. The molecule has 1 N–H and O–H groups in total. The third-order valence-corrected chi connectivity index (χ3v) is 3.40. The van der Waals surface area contributed by atoms with Gasteiger partial charge in [-0.25, -0.2) is 13.2 Å². The van der Waals surface area contributed by atoms with Crippen LogP contribution in [0.25, 0.3) is 0 Å². The molecule has 0 amide bonds. The molecule has 0 aliphatic heterocycles. The van der Waals surface area contributed by atoms with Crippen molar-refractivity contribution in [1.29, 1.82) is 0 Å². The van der Waals surface area contributed by atoms with Gasteiger partial charge >= 0.3 is 0 Å². The van der Waals surface area contributed by atoms with Crippen LogP contribution in [0.15, 0.2) is 36.4 Å². The SMILES string of the molecule is CC(Cc1cccc(Cl)c1)NCc1cc(F)c(F)cc1F. The summed E-state index contributed by atoms with van der Waals surface area (Å²) in [5.41, 5.74) is 1.15. The summed E-state index contributed by atoms with van der Waals surface area (Å²) < 4.78 is 39.4. The van der Waals surface area contributed by atoms with Gasteiger partial charge in [-0.05, 0) is 37.1 Å². The second kappa shape index (κ2) is 6.96. The Morgan fingerprint density at radius 3 is 2.48 bits per heavy atom. The molecular weight excluding hydrogens is 299 g/mol. The molecular formula is C16H15ClF3N. The van der Waals surface area contributed by atoms with E-state index in [2.05, 4.69) is 5.32 Å². The van der Waals surface area contributed by atoms with Crippen molar-refractivity contribution in [3.05, 3.63) is 70.0 Å². The van der Waals surface area contributed by atoms with E-state index in [-0.39, 0.29) is 18.2 Å². The van der Waals surface area contributed by atoms with Crippen LogP contribution in [0.4, 0.5) is 13.2 Å². The third-order valence-electron chi connectivity index (χ3n) is 3.16. The van der Waals surface area contributed by atoms with Gasteiger partial charge in [0.1, 0.15) is 5.82 Å². The van der Waals surface area contributed by atoms with Crippen LogP contribution in [0.5, 0.6) is 0 Å². The van der Waals surface area contributed by atoms with Crippen molar-refractivity contribution in [2.24, 2.45) is 0 Å². The van der Waals surface area contributed by atoms with Crippen LogP contribution in [0.1, 0.15) is 18.1 Å². The maximum atomic E-state index is 13.5. The first-order chi connectivity index (χ1) is 9.95. The predicted molar refractivity (Wildman–Crippen MR) is 77.8 cm³/mol. The van der Waals surface area contributed by atoms with E-state index in [1.54, 1.807) is 6.07 Å². The maximum absolute atomic E-state index is 13.5. The second-order valence-electron chi connectivity index (χ2n) is 4.97. The first-order valence-electron chi connectivity index (χ1n) is 6.57. The van der Waals surface area contributed by atoms with Crippen molar-refractivity contribution in [2.75, 3.05) is 0 Å². The third kappa shape index (κ3) is 4.48. The smallest absolute Gasteiger partial charge is 0.161 e. The standard InChI is InChI=1S/C16H15ClF3N/c1-10(5-11-3-2-4-13(17)6-11)21-9-12-7-15(19)16(20)8-14(12)18/h2-4,6-8,10,21H,5,9H2,1H3. The fourth-order valence-corrected chi connectivity index (χ4v) is 2.29. The van der Waals surface area contributed by atoms with Gasteiger partial charge in [0.2, 0.25) is 0 Å². The van der Waals surface area contributed by atoms with Gasteiger partial charge < -0.3 is 5.32 Å². The number of benzene rings is 2. The monoisotopic (exact) mass is 313 g/mol. The molecule has 21 heavy (non-hydrogen) atoms. The Morgan fingerprint density at radius 1 is 1.05 bits per heavy atom. The minimum Gasteiger partial charge on any atom is -0.310 e. The predicted octanol–water partition coefficient (Wildman–Crippen LogP) is 4.48. The molecule has 0 saturated carbocycles. The molecule has 1 atom stereocenters. The molecule has 0 aliphatic carbocycles. The molecule has 0 spiro atoms.